The number of benzene rings is 1. The van der Waals surface area contributed by atoms with E-state index in [0.717, 1.165) is 16.8 Å². The molecule has 4 N–H and O–H groups in total. The molecule has 0 saturated carbocycles. The van der Waals surface area contributed by atoms with Crippen molar-refractivity contribution in [2.24, 2.45) is 5.14 Å². The highest BCUT2D eigenvalue weighted by molar-refractivity contribution is 9.10. The number of halogens is 1. The van der Waals surface area contributed by atoms with E-state index >= 15 is 0 Å². The lowest BCUT2D eigenvalue weighted by Gasteiger charge is -2.26. The van der Waals surface area contributed by atoms with Crippen LogP contribution in [0.2, 0.25) is 0 Å². The van der Waals surface area contributed by atoms with Crippen LogP contribution < -0.4 is 15.8 Å². The van der Waals surface area contributed by atoms with Crippen LogP contribution in [0.1, 0.15) is 11.1 Å². The van der Waals surface area contributed by atoms with Crippen molar-refractivity contribution in [3.05, 3.63) is 58.5 Å². The fraction of sp³-hybridized carbons (Fsp3) is 0.176. The summed E-state index contributed by atoms with van der Waals surface area (Å²) in [5.41, 5.74) is 2.79. The van der Waals surface area contributed by atoms with Gasteiger partial charge in [-0.05, 0) is 51.7 Å². The number of hydrogen-bond acceptors (Lipinski definition) is 8. The second-order valence-electron chi connectivity index (χ2n) is 6.32. The first kappa shape index (κ1) is 19.6. The van der Waals surface area contributed by atoms with Crippen LogP contribution in [0.15, 0.2) is 47.3 Å². The molecule has 3 aromatic rings. The summed E-state index contributed by atoms with van der Waals surface area (Å²) >= 11 is 3.41. The molecule has 29 heavy (non-hydrogen) atoms. The van der Waals surface area contributed by atoms with E-state index in [0.29, 0.717) is 35.2 Å². The van der Waals surface area contributed by atoms with E-state index in [2.05, 4.69) is 46.5 Å². The largest absolute Gasteiger partial charge is 0.324 e. The summed E-state index contributed by atoms with van der Waals surface area (Å²) in [7, 11) is -3.69. The molecule has 1 aromatic carbocycles. The lowest BCUT2D eigenvalue weighted by molar-refractivity contribution is 0.392. The van der Waals surface area contributed by atoms with Gasteiger partial charge in [-0.3, -0.25) is 0 Å². The molecular weight excluding hydrogens is 460 g/mol. The highest BCUT2D eigenvalue weighted by Gasteiger charge is 2.23. The molecule has 2 aromatic heterocycles. The van der Waals surface area contributed by atoms with Gasteiger partial charge in [-0.1, -0.05) is 6.07 Å². The zero-order valence-corrected chi connectivity index (χ0v) is 17.5. The molecule has 0 saturated heterocycles. The zero-order valence-electron chi connectivity index (χ0n) is 15.1. The monoisotopic (exact) mass is 476 g/mol. The molecule has 0 radical (unpaired) electrons. The van der Waals surface area contributed by atoms with Crippen molar-refractivity contribution in [1.82, 2.24) is 24.2 Å². The van der Waals surface area contributed by atoms with Gasteiger partial charge in [-0.15, -0.1) is 0 Å². The Morgan fingerprint density at radius 2 is 1.86 bits per heavy atom. The maximum atomic E-state index is 11.6. The third-order valence-electron chi connectivity index (χ3n) is 4.34. The van der Waals surface area contributed by atoms with Crippen LogP contribution in [0, 0.1) is 0 Å². The topological polar surface area (TPSA) is 139 Å². The van der Waals surface area contributed by atoms with Crippen molar-refractivity contribution >= 4 is 49.5 Å². The van der Waals surface area contributed by atoms with Gasteiger partial charge < -0.3 is 10.6 Å². The normalized spacial score (nSPS) is 14.3. The van der Waals surface area contributed by atoms with E-state index in [-0.39, 0.29) is 6.54 Å². The van der Waals surface area contributed by atoms with Crippen molar-refractivity contribution in [3.63, 3.8) is 0 Å². The zero-order chi connectivity index (χ0) is 20.4. The lowest BCUT2D eigenvalue weighted by atomic mass is 10.0. The number of anilines is 4. The van der Waals surface area contributed by atoms with Crippen LogP contribution in [0.25, 0.3) is 0 Å². The Bertz CT molecular complexity index is 1140. The average Bonchev–Trinajstić information content (AvgIpc) is 2.70. The minimum Gasteiger partial charge on any atom is -0.324 e. The van der Waals surface area contributed by atoms with Crippen LogP contribution in [-0.4, -0.2) is 39.2 Å². The Morgan fingerprint density at radius 1 is 1.07 bits per heavy atom. The summed E-state index contributed by atoms with van der Waals surface area (Å²) in [6, 6.07) is 7.43. The number of nitrogens with one attached hydrogen (secondary N) is 2. The Labute approximate surface area is 175 Å². The van der Waals surface area contributed by atoms with Gasteiger partial charge >= 0.3 is 0 Å². The van der Waals surface area contributed by atoms with Gasteiger partial charge in [-0.2, -0.15) is 17.7 Å². The van der Waals surface area contributed by atoms with Gasteiger partial charge in [0.1, 0.15) is 0 Å². The molecule has 3 heterocycles. The second kappa shape index (κ2) is 7.99. The molecule has 0 spiro atoms. The predicted octanol–water partition coefficient (Wildman–Crippen LogP) is 2.08. The maximum absolute atomic E-state index is 11.6. The van der Waals surface area contributed by atoms with Gasteiger partial charge in [0.05, 0.1) is 4.47 Å². The van der Waals surface area contributed by atoms with Gasteiger partial charge in [0.25, 0.3) is 10.2 Å². The number of fused-ring (bicyclic) bond motifs is 1. The number of nitrogens with zero attached hydrogens (tertiary/aromatic N) is 5. The van der Waals surface area contributed by atoms with Gasteiger partial charge in [-0.25, -0.2) is 20.1 Å². The summed E-state index contributed by atoms with van der Waals surface area (Å²) in [5.74, 6) is 1.34. The number of nitrogens with two attached hydrogens (primary N) is 1. The minimum atomic E-state index is -3.69. The summed E-state index contributed by atoms with van der Waals surface area (Å²) in [6.07, 6.45) is 5.48. The third-order valence-corrected chi connectivity index (χ3v) is 5.95. The third kappa shape index (κ3) is 4.67. The van der Waals surface area contributed by atoms with E-state index in [9.17, 15) is 8.42 Å². The van der Waals surface area contributed by atoms with Crippen LogP contribution in [0.4, 0.5) is 23.4 Å². The van der Waals surface area contributed by atoms with E-state index in [1.807, 2.05) is 18.2 Å². The number of rotatable bonds is 5. The maximum Gasteiger partial charge on any atom is 0.277 e. The molecule has 0 aliphatic carbocycles. The molecule has 0 amide bonds. The molecule has 1 aliphatic rings. The molecule has 0 unspecified atom stereocenters. The van der Waals surface area contributed by atoms with Crippen molar-refractivity contribution in [2.45, 2.75) is 13.0 Å². The standard InChI is InChI=1S/C17H17BrN8O2S/c18-14-9-22-17(25-15(14)24-16-20-5-1-6-21-16)23-13-3-2-12-10-26(29(19,27)28)7-4-11(12)8-13/h1-3,5-6,8-9H,4,7,10H2,(H2,19,27,28)(H2,20,21,22,23,24,25). The highest BCUT2D eigenvalue weighted by atomic mass is 79.9. The van der Waals surface area contributed by atoms with Crippen molar-refractivity contribution in [3.8, 4) is 0 Å². The van der Waals surface area contributed by atoms with E-state index in [1.165, 1.54) is 4.31 Å². The van der Waals surface area contributed by atoms with E-state index in [1.54, 1.807) is 24.7 Å². The van der Waals surface area contributed by atoms with Gasteiger partial charge in [0.2, 0.25) is 11.9 Å². The smallest absolute Gasteiger partial charge is 0.277 e. The Kier molecular flexibility index (Phi) is 5.41. The van der Waals surface area contributed by atoms with Crippen molar-refractivity contribution in [1.29, 1.82) is 0 Å². The molecule has 0 fully saturated rings. The first-order valence-electron chi connectivity index (χ1n) is 8.62. The van der Waals surface area contributed by atoms with Crippen molar-refractivity contribution < 1.29 is 8.42 Å². The fourth-order valence-electron chi connectivity index (χ4n) is 2.94. The Morgan fingerprint density at radius 3 is 2.62 bits per heavy atom. The van der Waals surface area contributed by atoms with Crippen LogP contribution in [-0.2, 0) is 23.2 Å². The molecule has 12 heteroatoms. The van der Waals surface area contributed by atoms with Gasteiger partial charge in [0.15, 0.2) is 5.82 Å². The van der Waals surface area contributed by atoms with Gasteiger partial charge in [0, 0.05) is 37.4 Å². The van der Waals surface area contributed by atoms with Crippen LogP contribution >= 0.6 is 15.9 Å². The molecule has 4 rings (SSSR count). The van der Waals surface area contributed by atoms with E-state index < -0.39 is 10.2 Å². The van der Waals surface area contributed by atoms with Crippen LogP contribution in [0.3, 0.4) is 0 Å². The summed E-state index contributed by atoms with van der Waals surface area (Å²) in [5, 5.41) is 11.4. The molecular formula is C17H17BrN8O2S. The SMILES string of the molecule is NS(=O)(=O)N1CCc2cc(Nc3ncc(Br)c(Nc4ncccn4)n3)ccc2C1. The number of aromatic nitrogens is 4. The summed E-state index contributed by atoms with van der Waals surface area (Å²) < 4.78 is 25.0. The van der Waals surface area contributed by atoms with Crippen molar-refractivity contribution in [2.75, 3.05) is 17.2 Å². The molecule has 10 nitrogen and oxygen atoms in total. The predicted molar refractivity (Wildman–Crippen MR) is 112 cm³/mol. The Hall–Kier alpha value is -2.67. The lowest BCUT2D eigenvalue weighted by Crippen LogP contribution is -2.40. The first-order valence-corrected chi connectivity index (χ1v) is 10.9. The van der Waals surface area contributed by atoms with Crippen LogP contribution in [0.5, 0.6) is 0 Å². The Balaban J connectivity index is 1.52. The first-order chi connectivity index (χ1) is 13.9. The quantitative estimate of drug-likeness (QED) is 0.508. The summed E-state index contributed by atoms with van der Waals surface area (Å²) in [4.78, 5) is 17.0. The minimum absolute atomic E-state index is 0.272. The fourth-order valence-corrected chi connectivity index (χ4v) is 3.89. The second-order valence-corrected chi connectivity index (χ2v) is 8.73. The average molecular weight is 477 g/mol. The molecule has 150 valence electrons. The number of hydrogen-bond donors (Lipinski definition) is 3. The summed E-state index contributed by atoms with van der Waals surface area (Å²) in [6.45, 7) is 0.629. The molecule has 0 bridgehead atoms. The van der Waals surface area contributed by atoms with E-state index in [4.69, 9.17) is 5.14 Å². The molecule has 1 aliphatic heterocycles. The molecule has 0 atom stereocenters. The highest BCUT2D eigenvalue weighted by Crippen LogP contribution is 2.27.